The summed E-state index contributed by atoms with van der Waals surface area (Å²) in [4.78, 5) is 25.8. The Balaban J connectivity index is 0.918. The van der Waals surface area contributed by atoms with Gasteiger partial charge in [0.1, 0.15) is 12.4 Å². The van der Waals surface area contributed by atoms with Gasteiger partial charge in [-0.25, -0.2) is 0 Å². The lowest BCUT2D eigenvalue weighted by Crippen LogP contribution is -2.33. The number of nitrogens with two attached hydrogens (primary N) is 1. The van der Waals surface area contributed by atoms with Gasteiger partial charge in [-0.2, -0.15) is 0 Å². The second-order valence-electron chi connectivity index (χ2n) is 10.8. The van der Waals surface area contributed by atoms with Gasteiger partial charge in [0.05, 0.1) is 150 Å². The van der Waals surface area contributed by atoms with Crippen LogP contribution in [0.25, 0.3) is 0 Å². The van der Waals surface area contributed by atoms with Crippen molar-refractivity contribution in [2.75, 3.05) is 151 Å². The molecule has 0 atom stereocenters. The van der Waals surface area contributed by atoms with E-state index in [0.717, 1.165) is 5.75 Å². The summed E-state index contributed by atoms with van der Waals surface area (Å²) in [6.07, 6.45) is 0. The number of rotatable bonds is 34. The number of nitrogens with zero attached hydrogens (tertiary/aromatic N) is 1. The standard InChI is InChI=1S/C36H54N2O13/c37-31-5-7-32(8-6-31)51-30-29-50-28-27-49-26-25-48-24-23-47-22-21-46-20-19-45-18-17-44-16-15-43-14-13-42-12-11-41-10-9-38-35(39)33-3-1-2-4-34(33)36(38)40/h1-8H,9-30,37H2. The Kier molecular flexibility index (Phi) is 23.5. The molecule has 0 spiro atoms. The van der Waals surface area contributed by atoms with E-state index in [-0.39, 0.29) is 25.0 Å². The molecule has 0 bridgehead atoms. The minimum Gasteiger partial charge on any atom is -0.491 e. The minimum absolute atomic E-state index is 0.212. The highest BCUT2D eigenvalue weighted by Crippen LogP contribution is 2.21. The number of hydrogen-bond donors (Lipinski definition) is 1. The van der Waals surface area contributed by atoms with Gasteiger partial charge in [-0.05, 0) is 36.4 Å². The topological polar surface area (TPSA) is 165 Å². The number of ether oxygens (including phenoxy) is 11. The van der Waals surface area contributed by atoms with Crippen LogP contribution in [-0.4, -0.2) is 162 Å². The SMILES string of the molecule is Nc1ccc(OCCOCCOCCOCCOCCOCCOCCOCCOCCOCCOCCN2C(=O)c3ccccc3C2=O)cc1. The van der Waals surface area contributed by atoms with Gasteiger partial charge >= 0.3 is 0 Å². The van der Waals surface area contributed by atoms with Crippen LogP contribution in [0, 0.1) is 0 Å². The van der Waals surface area contributed by atoms with Crippen LogP contribution in [0.3, 0.4) is 0 Å². The summed E-state index contributed by atoms with van der Waals surface area (Å²) in [6, 6.07) is 14.1. The molecule has 0 radical (unpaired) electrons. The van der Waals surface area contributed by atoms with Gasteiger partial charge in [0.25, 0.3) is 11.8 Å². The molecule has 2 aromatic carbocycles. The lowest BCUT2D eigenvalue weighted by atomic mass is 10.1. The Morgan fingerprint density at radius 3 is 1.02 bits per heavy atom. The number of hydrogen-bond acceptors (Lipinski definition) is 14. The number of carbonyl (C=O) groups is 2. The third-order valence-electron chi connectivity index (χ3n) is 7.06. The smallest absolute Gasteiger partial charge is 0.261 e. The lowest BCUT2D eigenvalue weighted by molar-refractivity contribution is -0.0268. The maximum atomic E-state index is 12.3. The van der Waals surface area contributed by atoms with Gasteiger partial charge in [-0.3, -0.25) is 14.5 Å². The molecule has 1 heterocycles. The fraction of sp³-hybridized carbons (Fsp3) is 0.611. The van der Waals surface area contributed by atoms with E-state index in [4.69, 9.17) is 57.8 Å². The van der Waals surface area contributed by atoms with Crippen molar-refractivity contribution in [1.29, 1.82) is 0 Å². The van der Waals surface area contributed by atoms with Gasteiger partial charge in [0.15, 0.2) is 0 Å². The summed E-state index contributed by atoms with van der Waals surface area (Å²) in [5.41, 5.74) is 7.23. The first kappa shape index (κ1) is 42.2. The molecular formula is C36H54N2O13. The van der Waals surface area contributed by atoms with Crippen LogP contribution < -0.4 is 10.5 Å². The Hall–Kier alpha value is -3.22. The molecule has 0 saturated heterocycles. The summed E-state index contributed by atoms with van der Waals surface area (Å²) < 4.78 is 60.3. The van der Waals surface area contributed by atoms with Gasteiger partial charge < -0.3 is 57.8 Å². The van der Waals surface area contributed by atoms with Crippen LogP contribution >= 0.6 is 0 Å². The first-order chi connectivity index (χ1) is 25.2. The predicted octanol–water partition coefficient (Wildman–Crippen LogP) is 2.11. The molecule has 0 aromatic heterocycles. The Morgan fingerprint density at radius 1 is 0.392 bits per heavy atom. The lowest BCUT2D eigenvalue weighted by Gasteiger charge is -2.13. The number of imide groups is 1. The molecule has 3 rings (SSSR count). The number of anilines is 1. The van der Waals surface area contributed by atoms with E-state index < -0.39 is 0 Å². The quantitative estimate of drug-likeness (QED) is 0.0635. The highest BCUT2D eigenvalue weighted by Gasteiger charge is 2.34. The van der Waals surface area contributed by atoms with Crippen molar-refractivity contribution in [3.05, 3.63) is 59.7 Å². The molecule has 15 heteroatoms. The first-order valence-corrected chi connectivity index (χ1v) is 17.4. The largest absolute Gasteiger partial charge is 0.491 e. The summed E-state index contributed by atoms with van der Waals surface area (Å²) in [5, 5.41) is 0. The zero-order chi connectivity index (χ0) is 36.0. The highest BCUT2D eigenvalue weighted by atomic mass is 16.6. The van der Waals surface area contributed by atoms with Crippen molar-refractivity contribution >= 4 is 17.5 Å². The van der Waals surface area contributed by atoms with Gasteiger partial charge in [-0.15, -0.1) is 0 Å². The molecule has 0 unspecified atom stereocenters. The predicted molar refractivity (Wildman–Crippen MR) is 186 cm³/mol. The number of nitrogen functional groups attached to an aromatic ring is 1. The van der Waals surface area contributed by atoms with E-state index >= 15 is 0 Å². The fourth-order valence-electron chi connectivity index (χ4n) is 4.46. The van der Waals surface area contributed by atoms with Crippen molar-refractivity contribution in [2.24, 2.45) is 0 Å². The average Bonchev–Trinajstić information content (AvgIpc) is 3.39. The molecule has 51 heavy (non-hydrogen) atoms. The van der Waals surface area contributed by atoms with Crippen LogP contribution in [0.1, 0.15) is 20.7 Å². The van der Waals surface area contributed by atoms with Crippen LogP contribution in [0.15, 0.2) is 48.5 Å². The Labute approximate surface area is 300 Å². The van der Waals surface area contributed by atoms with E-state index in [0.29, 0.717) is 149 Å². The number of fused-ring (bicyclic) bond motifs is 1. The third kappa shape index (κ3) is 19.3. The number of amides is 2. The highest BCUT2D eigenvalue weighted by molar-refractivity contribution is 6.21. The molecule has 1 aliphatic rings. The summed E-state index contributed by atoms with van der Waals surface area (Å²) in [7, 11) is 0. The maximum absolute atomic E-state index is 12.3. The molecule has 2 amide bonds. The number of benzene rings is 2. The van der Waals surface area contributed by atoms with Crippen LogP contribution in [0.2, 0.25) is 0 Å². The molecule has 15 nitrogen and oxygen atoms in total. The summed E-state index contributed by atoms with van der Waals surface area (Å²) in [5.74, 6) is 0.207. The zero-order valence-corrected chi connectivity index (χ0v) is 29.5. The third-order valence-corrected chi connectivity index (χ3v) is 7.06. The molecular weight excluding hydrogens is 668 g/mol. The van der Waals surface area contributed by atoms with Crippen molar-refractivity contribution in [3.63, 3.8) is 0 Å². The van der Waals surface area contributed by atoms with E-state index in [1.807, 2.05) is 12.1 Å². The first-order valence-electron chi connectivity index (χ1n) is 17.4. The Morgan fingerprint density at radius 2 is 0.686 bits per heavy atom. The molecule has 0 saturated carbocycles. The molecule has 0 fully saturated rings. The van der Waals surface area contributed by atoms with E-state index in [2.05, 4.69) is 0 Å². The van der Waals surface area contributed by atoms with Crippen LogP contribution in [-0.2, 0) is 47.4 Å². The molecule has 286 valence electrons. The van der Waals surface area contributed by atoms with Gasteiger partial charge in [0, 0.05) is 5.69 Å². The second-order valence-corrected chi connectivity index (χ2v) is 10.8. The second kappa shape index (κ2) is 28.4. The monoisotopic (exact) mass is 722 g/mol. The van der Waals surface area contributed by atoms with Crippen LogP contribution in [0.4, 0.5) is 5.69 Å². The van der Waals surface area contributed by atoms with Gasteiger partial charge in [-0.1, -0.05) is 12.1 Å². The average molecular weight is 723 g/mol. The van der Waals surface area contributed by atoms with E-state index in [1.165, 1.54) is 4.90 Å². The van der Waals surface area contributed by atoms with Gasteiger partial charge in [0.2, 0.25) is 0 Å². The molecule has 2 N–H and O–H groups in total. The Bertz CT molecular complexity index is 1150. The molecule has 1 aliphatic heterocycles. The molecule has 0 aliphatic carbocycles. The normalized spacial score (nSPS) is 12.6. The van der Waals surface area contributed by atoms with Crippen molar-refractivity contribution in [2.45, 2.75) is 0 Å². The number of carbonyl (C=O) groups excluding carboxylic acids is 2. The van der Waals surface area contributed by atoms with E-state index in [9.17, 15) is 9.59 Å². The minimum atomic E-state index is -0.279. The fourth-order valence-corrected chi connectivity index (χ4v) is 4.46. The molecule has 2 aromatic rings. The zero-order valence-electron chi connectivity index (χ0n) is 29.5. The maximum Gasteiger partial charge on any atom is 0.261 e. The van der Waals surface area contributed by atoms with Crippen molar-refractivity contribution in [1.82, 2.24) is 4.90 Å². The van der Waals surface area contributed by atoms with Crippen molar-refractivity contribution in [3.8, 4) is 5.75 Å². The van der Waals surface area contributed by atoms with Crippen LogP contribution in [0.5, 0.6) is 5.75 Å². The summed E-state index contributed by atoms with van der Waals surface area (Å²) >= 11 is 0. The summed E-state index contributed by atoms with van der Waals surface area (Å²) in [6.45, 7) is 9.84. The van der Waals surface area contributed by atoms with E-state index in [1.54, 1.807) is 36.4 Å². The van der Waals surface area contributed by atoms with Crippen molar-refractivity contribution < 1.29 is 61.7 Å².